The third-order valence-electron chi connectivity index (χ3n) is 3.83. The van der Waals surface area contributed by atoms with Crippen molar-refractivity contribution >= 4 is 35.6 Å². The number of benzene rings is 1. The number of nitrogens with zero attached hydrogens (tertiary/aromatic N) is 4. The third-order valence-corrected chi connectivity index (χ3v) is 3.83. The summed E-state index contributed by atoms with van der Waals surface area (Å²) >= 11 is 0. The maximum absolute atomic E-state index is 13.7. The summed E-state index contributed by atoms with van der Waals surface area (Å²) in [6.07, 6.45) is 1.67. The molecule has 28 heavy (non-hydrogen) atoms. The molecule has 0 amide bonds. The van der Waals surface area contributed by atoms with E-state index < -0.39 is 0 Å². The van der Waals surface area contributed by atoms with Gasteiger partial charge in [0.1, 0.15) is 12.6 Å². The Hall–Kier alpha value is -2.43. The Morgan fingerprint density at radius 2 is 1.96 bits per heavy atom. The van der Waals surface area contributed by atoms with Crippen LogP contribution >= 0.6 is 24.0 Å². The Morgan fingerprint density at radius 3 is 2.75 bits per heavy atom. The number of pyridine rings is 1. The summed E-state index contributed by atoms with van der Waals surface area (Å²) in [4.78, 5) is 4.54. The van der Waals surface area contributed by atoms with Crippen molar-refractivity contribution in [1.29, 1.82) is 0 Å². The second kappa shape index (κ2) is 10.8. The normalized spacial score (nSPS) is 12.3. The number of ether oxygens (including phenoxy) is 1. The molecule has 1 unspecified atom stereocenters. The molecule has 0 aliphatic rings. The minimum Gasteiger partial charge on any atom is -0.486 e. The lowest BCUT2D eigenvalue weighted by Crippen LogP contribution is -2.41. The minimum atomic E-state index is -0.372. The lowest BCUT2D eigenvalue weighted by molar-refractivity contribution is 0.214. The van der Waals surface area contributed by atoms with E-state index in [1.165, 1.54) is 6.07 Å². The summed E-state index contributed by atoms with van der Waals surface area (Å²) < 4.78 is 21.2. The first kappa shape index (κ1) is 21.9. The SMILES string of the molecule is CCNC(=NCc1nnc2ccccn12)NCC(C)Oc1ccccc1F.I. The van der Waals surface area contributed by atoms with Gasteiger partial charge in [0.2, 0.25) is 0 Å². The monoisotopic (exact) mass is 498 g/mol. The Morgan fingerprint density at radius 1 is 1.18 bits per heavy atom. The minimum absolute atomic E-state index is 0. The first-order chi connectivity index (χ1) is 13.2. The average Bonchev–Trinajstić information content (AvgIpc) is 3.09. The van der Waals surface area contributed by atoms with Gasteiger partial charge in [-0.05, 0) is 38.1 Å². The van der Waals surface area contributed by atoms with Gasteiger partial charge in [-0.1, -0.05) is 18.2 Å². The fraction of sp³-hybridized carbons (Fsp3) is 0.316. The molecule has 0 saturated carbocycles. The topological polar surface area (TPSA) is 75.8 Å². The second-order valence-electron chi connectivity index (χ2n) is 5.98. The molecule has 3 aromatic rings. The molecule has 7 nitrogen and oxygen atoms in total. The van der Waals surface area contributed by atoms with E-state index in [0.29, 0.717) is 19.0 Å². The molecule has 3 rings (SSSR count). The van der Waals surface area contributed by atoms with Crippen LogP contribution in [0, 0.1) is 5.82 Å². The van der Waals surface area contributed by atoms with Gasteiger partial charge in [0, 0.05) is 12.7 Å². The molecular formula is C19H24FIN6O. The molecular weight excluding hydrogens is 474 g/mol. The van der Waals surface area contributed by atoms with Crippen molar-refractivity contribution in [3.8, 4) is 5.75 Å². The highest BCUT2D eigenvalue weighted by molar-refractivity contribution is 14.0. The van der Waals surface area contributed by atoms with Crippen LogP contribution in [0.15, 0.2) is 53.7 Å². The Kier molecular flexibility index (Phi) is 8.42. The van der Waals surface area contributed by atoms with E-state index >= 15 is 0 Å². The van der Waals surface area contributed by atoms with E-state index in [1.807, 2.05) is 42.6 Å². The van der Waals surface area contributed by atoms with Gasteiger partial charge < -0.3 is 15.4 Å². The number of hydrogen-bond acceptors (Lipinski definition) is 4. The van der Waals surface area contributed by atoms with Crippen molar-refractivity contribution in [3.63, 3.8) is 0 Å². The zero-order valence-electron chi connectivity index (χ0n) is 15.8. The van der Waals surface area contributed by atoms with E-state index in [0.717, 1.165) is 18.0 Å². The van der Waals surface area contributed by atoms with Crippen LogP contribution in [-0.2, 0) is 6.54 Å². The van der Waals surface area contributed by atoms with E-state index in [9.17, 15) is 4.39 Å². The first-order valence-electron chi connectivity index (χ1n) is 8.89. The van der Waals surface area contributed by atoms with Crippen LogP contribution in [0.3, 0.4) is 0 Å². The zero-order chi connectivity index (χ0) is 19.1. The molecule has 0 radical (unpaired) electrons. The van der Waals surface area contributed by atoms with Gasteiger partial charge >= 0.3 is 0 Å². The molecule has 0 saturated heterocycles. The number of rotatable bonds is 7. The summed E-state index contributed by atoms with van der Waals surface area (Å²) in [5.74, 6) is 1.25. The summed E-state index contributed by atoms with van der Waals surface area (Å²) in [5.41, 5.74) is 0.785. The van der Waals surface area contributed by atoms with E-state index in [2.05, 4.69) is 25.8 Å². The van der Waals surface area contributed by atoms with Gasteiger partial charge in [0.05, 0.1) is 6.54 Å². The summed E-state index contributed by atoms with van der Waals surface area (Å²) in [5, 5.41) is 14.7. The number of nitrogens with one attached hydrogen (secondary N) is 2. The quantitative estimate of drug-likeness (QED) is 0.298. The van der Waals surface area contributed by atoms with Crippen LogP contribution in [0.25, 0.3) is 5.65 Å². The first-order valence-corrected chi connectivity index (χ1v) is 8.89. The maximum atomic E-state index is 13.7. The molecule has 0 bridgehead atoms. The lowest BCUT2D eigenvalue weighted by atomic mass is 10.3. The van der Waals surface area contributed by atoms with Gasteiger partial charge in [-0.15, -0.1) is 34.2 Å². The van der Waals surface area contributed by atoms with Gasteiger partial charge in [-0.25, -0.2) is 9.38 Å². The van der Waals surface area contributed by atoms with Crippen LogP contribution in [0.1, 0.15) is 19.7 Å². The van der Waals surface area contributed by atoms with Gasteiger partial charge in [0.25, 0.3) is 0 Å². The van der Waals surface area contributed by atoms with E-state index in [1.54, 1.807) is 18.2 Å². The fourth-order valence-electron chi connectivity index (χ4n) is 2.53. The van der Waals surface area contributed by atoms with Gasteiger partial charge in [0.15, 0.2) is 29.0 Å². The largest absolute Gasteiger partial charge is 0.486 e. The standard InChI is InChI=1S/C19H23FN6O.HI/c1-3-21-19(22-12-14(2)27-16-9-5-4-8-15(16)20)23-13-18-25-24-17-10-6-7-11-26(17)18;/h4-11,14H,3,12-13H2,1-2H3,(H2,21,22,23);1H. The summed E-state index contributed by atoms with van der Waals surface area (Å²) in [6.45, 7) is 5.43. The van der Waals surface area contributed by atoms with Crippen LogP contribution in [-0.4, -0.2) is 39.8 Å². The molecule has 9 heteroatoms. The van der Waals surface area contributed by atoms with Crippen molar-refractivity contribution in [3.05, 3.63) is 60.3 Å². The number of aliphatic imine (C=N–C) groups is 1. The van der Waals surface area contributed by atoms with Crippen molar-refractivity contribution in [2.75, 3.05) is 13.1 Å². The fourth-order valence-corrected chi connectivity index (χ4v) is 2.53. The molecule has 150 valence electrons. The predicted molar refractivity (Wildman–Crippen MR) is 118 cm³/mol. The highest BCUT2D eigenvalue weighted by atomic mass is 127. The molecule has 0 spiro atoms. The summed E-state index contributed by atoms with van der Waals surface area (Å²) in [7, 11) is 0. The number of hydrogen-bond donors (Lipinski definition) is 2. The van der Waals surface area contributed by atoms with Crippen molar-refractivity contribution < 1.29 is 9.13 Å². The number of halogens is 2. The van der Waals surface area contributed by atoms with Gasteiger partial charge in [-0.3, -0.25) is 4.40 Å². The highest BCUT2D eigenvalue weighted by Gasteiger charge is 2.09. The van der Waals surface area contributed by atoms with Crippen LogP contribution in [0.5, 0.6) is 5.75 Å². The van der Waals surface area contributed by atoms with Gasteiger partial charge in [-0.2, -0.15) is 0 Å². The molecule has 2 N–H and O–H groups in total. The molecule has 0 aliphatic heterocycles. The number of guanidine groups is 1. The number of para-hydroxylation sites is 1. The van der Waals surface area contributed by atoms with E-state index in [4.69, 9.17) is 4.74 Å². The molecule has 1 atom stereocenters. The average molecular weight is 498 g/mol. The highest BCUT2D eigenvalue weighted by Crippen LogP contribution is 2.16. The molecule has 0 fully saturated rings. The third kappa shape index (κ3) is 5.78. The van der Waals surface area contributed by atoms with Crippen LogP contribution < -0.4 is 15.4 Å². The summed E-state index contributed by atoms with van der Waals surface area (Å²) in [6, 6.07) is 12.1. The predicted octanol–water partition coefficient (Wildman–Crippen LogP) is 3.01. The molecule has 2 aromatic heterocycles. The Labute approximate surface area is 180 Å². The van der Waals surface area contributed by atoms with Crippen molar-refractivity contribution in [2.45, 2.75) is 26.5 Å². The zero-order valence-corrected chi connectivity index (χ0v) is 18.1. The van der Waals surface area contributed by atoms with Crippen molar-refractivity contribution in [1.82, 2.24) is 25.2 Å². The van der Waals surface area contributed by atoms with Crippen LogP contribution in [0.4, 0.5) is 4.39 Å². The number of fused-ring (bicyclic) bond motifs is 1. The smallest absolute Gasteiger partial charge is 0.191 e. The second-order valence-corrected chi connectivity index (χ2v) is 5.98. The molecule has 0 aliphatic carbocycles. The van der Waals surface area contributed by atoms with Crippen LogP contribution in [0.2, 0.25) is 0 Å². The Balaban J connectivity index is 0.00000280. The number of aromatic nitrogens is 3. The molecule has 1 aromatic carbocycles. The molecule has 2 heterocycles. The van der Waals surface area contributed by atoms with E-state index in [-0.39, 0.29) is 41.6 Å². The Bertz CT molecular complexity index is 916. The lowest BCUT2D eigenvalue weighted by Gasteiger charge is -2.18. The van der Waals surface area contributed by atoms with Crippen molar-refractivity contribution in [2.24, 2.45) is 4.99 Å². The maximum Gasteiger partial charge on any atom is 0.191 e.